The largest absolute Gasteiger partial charge is 0.435 e. The van der Waals surface area contributed by atoms with Gasteiger partial charge in [-0.3, -0.25) is 0 Å². The van der Waals surface area contributed by atoms with E-state index in [1.165, 1.54) is 0 Å². The molecule has 88 valence electrons. The van der Waals surface area contributed by atoms with Crippen LogP contribution in [0.3, 0.4) is 0 Å². The van der Waals surface area contributed by atoms with Gasteiger partial charge in [0.25, 0.3) is 0 Å². The standard InChI is InChI=1S/C13H16N2OSi/c1-17(2,3)15-10-13-14-9-12(16-13)11-7-5-4-6-8-11/h4-10H,1-3H3/b15-10+. The maximum absolute atomic E-state index is 5.63. The number of oxazole rings is 1. The molecule has 0 amide bonds. The average molecular weight is 244 g/mol. The lowest BCUT2D eigenvalue weighted by atomic mass is 10.2. The summed E-state index contributed by atoms with van der Waals surface area (Å²) in [6.07, 6.45) is 3.47. The van der Waals surface area contributed by atoms with E-state index in [4.69, 9.17) is 4.42 Å². The Morgan fingerprint density at radius 3 is 2.53 bits per heavy atom. The van der Waals surface area contributed by atoms with Gasteiger partial charge < -0.3 is 9.08 Å². The van der Waals surface area contributed by atoms with Crippen molar-refractivity contribution in [3.05, 3.63) is 42.4 Å². The molecule has 0 unspecified atom stereocenters. The monoisotopic (exact) mass is 244 g/mol. The molecule has 0 spiro atoms. The highest BCUT2D eigenvalue weighted by molar-refractivity contribution is 6.75. The van der Waals surface area contributed by atoms with E-state index in [1.807, 2.05) is 30.3 Å². The molecule has 4 heteroatoms. The van der Waals surface area contributed by atoms with Crippen LogP contribution >= 0.6 is 0 Å². The summed E-state index contributed by atoms with van der Waals surface area (Å²) in [4.78, 5) is 4.20. The summed E-state index contributed by atoms with van der Waals surface area (Å²) in [5, 5.41) is 0. The van der Waals surface area contributed by atoms with Crippen LogP contribution < -0.4 is 0 Å². The average Bonchev–Trinajstić information content (AvgIpc) is 2.75. The van der Waals surface area contributed by atoms with Crippen molar-refractivity contribution in [3.63, 3.8) is 0 Å². The van der Waals surface area contributed by atoms with Crippen LogP contribution in [0.25, 0.3) is 11.3 Å². The summed E-state index contributed by atoms with van der Waals surface area (Å²) in [7, 11) is -1.44. The molecule has 2 aromatic rings. The van der Waals surface area contributed by atoms with Crippen molar-refractivity contribution in [2.24, 2.45) is 4.66 Å². The third kappa shape index (κ3) is 3.39. The van der Waals surface area contributed by atoms with Crippen molar-refractivity contribution in [1.29, 1.82) is 0 Å². The summed E-state index contributed by atoms with van der Waals surface area (Å²) in [5.41, 5.74) is 1.03. The Kier molecular flexibility index (Phi) is 3.24. The molecule has 0 aliphatic rings. The maximum Gasteiger partial charge on any atom is 0.236 e. The number of benzene rings is 1. The molecule has 3 nitrogen and oxygen atoms in total. The first-order chi connectivity index (χ1) is 8.04. The SMILES string of the molecule is C[Si](C)(C)/N=C/c1ncc(-c2ccccc2)o1. The van der Waals surface area contributed by atoms with Crippen molar-refractivity contribution in [2.75, 3.05) is 0 Å². The minimum Gasteiger partial charge on any atom is -0.435 e. The summed E-state index contributed by atoms with van der Waals surface area (Å²) >= 11 is 0. The number of rotatable bonds is 3. The molecular formula is C13H16N2OSi. The maximum atomic E-state index is 5.63. The van der Waals surface area contributed by atoms with Crippen molar-refractivity contribution >= 4 is 14.5 Å². The van der Waals surface area contributed by atoms with Crippen molar-refractivity contribution in [1.82, 2.24) is 4.98 Å². The first-order valence-corrected chi connectivity index (χ1v) is 9.06. The fourth-order valence-corrected chi connectivity index (χ4v) is 1.83. The van der Waals surface area contributed by atoms with E-state index in [9.17, 15) is 0 Å². The zero-order valence-corrected chi connectivity index (χ0v) is 11.3. The third-order valence-corrected chi connectivity index (χ3v) is 3.05. The highest BCUT2D eigenvalue weighted by Gasteiger charge is 2.10. The summed E-state index contributed by atoms with van der Waals surface area (Å²) < 4.78 is 10.1. The topological polar surface area (TPSA) is 38.4 Å². The molecule has 0 saturated carbocycles. The van der Waals surface area contributed by atoms with Crippen molar-refractivity contribution in [3.8, 4) is 11.3 Å². The smallest absolute Gasteiger partial charge is 0.236 e. The lowest BCUT2D eigenvalue weighted by molar-refractivity contribution is 0.564. The Morgan fingerprint density at radius 2 is 1.88 bits per heavy atom. The molecule has 0 radical (unpaired) electrons. The van der Waals surface area contributed by atoms with Gasteiger partial charge >= 0.3 is 0 Å². The van der Waals surface area contributed by atoms with Gasteiger partial charge in [0.15, 0.2) is 14.0 Å². The molecule has 1 aromatic carbocycles. The second-order valence-electron chi connectivity index (χ2n) is 4.86. The predicted molar refractivity (Wildman–Crippen MR) is 72.9 cm³/mol. The van der Waals surface area contributed by atoms with Crippen LogP contribution in [0, 0.1) is 0 Å². The zero-order valence-electron chi connectivity index (χ0n) is 10.3. The van der Waals surface area contributed by atoms with Crippen LogP contribution in [0.2, 0.25) is 19.6 Å². The number of nitrogens with zero attached hydrogens (tertiary/aromatic N) is 2. The first-order valence-electron chi connectivity index (χ1n) is 5.61. The van der Waals surface area contributed by atoms with Crippen LogP contribution in [0.15, 0.2) is 45.6 Å². The van der Waals surface area contributed by atoms with Gasteiger partial charge in [-0.25, -0.2) is 4.98 Å². The lowest BCUT2D eigenvalue weighted by Crippen LogP contribution is -2.16. The minimum absolute atomic E-state index is 0.575. The van der Waals surface area contributed by atoms with Gasteiger partial charge in [0, 0.05) is 5.56 Å². The van der Waals surface area contributed by atoms with Gasteiger partial charge in [0.05, 0.1) is 12.4 Å². The van der Waals surface area contributed by atoms with Gasteiger partial charge in [0.2, 0.25) is 5.89 Å². The fraction of sp³-hybridized carbons (Fsp3) is 0.231. The molecule has 0 aliphatic heterocycles. The Balaban J connectivity index is 2.20. The zero-order chi connectivity index (χ0) is 12.3. The van der Waals surface area contributed by atoms with Crippen LogP contribution in [-0.4, -0.2) is 19.4 Å². The second-order valence-corrected chi connectivity index (χ2v) is 9.46. The minimum atomic E-state index is -1.44. The molecule has 0 bridgehead atoms. The molecule has 1 heterocycles. The van der Waals surface area contributed by atoms with Gasteiger partial charge in [-0.2, -0.15) is 0 Å². The molecule has 0 atom stereocenters. The molecule has 0 saturated heterocycles. The quantitative estimate of drug-likeness (QED) is 0.611. The van der Waals surface area contributed by atoms with Crippen LogP contribution in [0.4, 0.5) is 0 Å². The molecular weight excluding hydrogens is 228 g/mol. The van der Waals surface area contributed by atoms with E-state index in [0.717, 1.165) is 11.3 Å². The molecule has 1 aromatic heterocycles. The highest BCUT2D eigenvalue weighted by atomic mass is 28.3. The number of hydrogen-bond acceptors (Lipinski definition) is 3. The van der Waals surface area contributed by atoms with Crippen molar-refractivity contribution < 1.29 is 4.42 Å². The van der Waals surface area contributed by atoms with Gasteiger partial charge in [0.1, 0.15) is 0 Å². The summed E-state index contributed by atoms with van der Waals surface area (Å²) in [6, 6.07) is 9.94. The van der Waals surface area contributed by atoms with E-state index in [-0.39, 0.29) is 0 Å². The first kappa shape index (κ1) is 11.8. The summed E-state index contributed by atoms with van der Waals surface area (Å²) in [5.74, 6) is 1.36. The number of aromatic nitrogens is 1. The normalized spacial score (nSPS) is 12.2. The van der Waals surface area contributed by atoms with E-state index >= 15 is 0 Å². The van der Waals surface area contributed by atoms with E-state index in [2.05, 4.69) is 29.3 Å². The van der Waals surface area contributed by atoms with E-state index in [0.29, 0.717) is 5.89 Å². The van der Waals surface area contributed by atoms with E-state index in [1.54, 1.807) is 12.4 Å². The molecule has 0 aliphatic carbocycles. The predicted octanol–water partition coefficient (Wildman–Crippen LogP) is 3.60. The summed E-state index contributed by atoms with van der Waals surface area (Å²) in [6.45, 7) is 6.51. The lowest BCUT2D eigenvalue weighted by Gasteiger charge is -2.05. The molecule has 0 fully saturated rings. The van der Waals surface area contributed by atoms with Crippen LogP contribution in [0.5, 0.6) is 0 Å². The molecule has 2 rings (SSSR count). The molecule has 17 heavy (non-hydrogen) atoms. The Labute approximate surface area is 102 Å². The van der Waals surface area contributed by atoms with Crippen molar-refractivity contribution in [2.45, 2.75) is 19.6 Å². The van der Waals surface area contributed by atoms with Crippen LogP contribution in [0.1, 0.15) is 5.89 Å². The fourth-order valence-electron chi connectivity index (χ4n) is 1.33. The third-order valence-electron chi connectivity index (χ3n) is 2.14. The number of hydrogen-bond donors (Lipinski definition) is 0. The van der Waals surface area contributed by atoms with Gasteiger partial charge in [-0.05, 0) is 19.6 Å². The molecule has 0 N–H and O–H groups in total. The highest BCUT2D eigenvalue weighted by Crippen LogP contribution is 2.19. The second kappa shape index (κ2) is 4.67. The Hall–Kier alpha value is -1.68. The van der Waals surface area contributed by atoms with Gasteiger partial charge in [-0.1, -0.05) is 30.3 Å². The van der Waals surface area contributed by atoms with Crippen LogP contribution in [-0.2, 0) is 0 Å². The Bertz CT molecular complexity index is 512. The Morgan fingerprint density at radius 1 is 1.18 bits per heavy atom. The van der Waals surface area contributed by atoms with E-state index < -0.39 is 8.24 Å². The van der Waals surface area contributed by atoms with Gasteiger partial charge in [-0.15, -0.1) is 0 Å².